The molecule has 2 aliphatic rings. The van der Waals surface area contributed by atoms with Gasteiger partial charge in [-0.2, -0.15) is 4.98 Å². The normalized spacial score (nSPS) is 17.4. The van der Waals surface area contributed by atoms with Crippen LogP contribution in [0.3, 0.4) is 0 Å². The van der Waals surface area contributed by atoms with Crippen molar-refractivity contribution >= 4 is 17.5 Å². The molecular weight excluding hydrogens is 316 g/mol. The van der Waals surface area contributed by atoms with Gasteiger partial charge in [-0.25, -0.2) is 4.98 Å². The molecule has 1 aromatic heterocycles. The molecule has 1 fully saturated rings. The molecule has 1 N–H and O–H groups in total. The summed E-state index contributed by atoms with van der Waals surface area (Å²) in [5.41, 5.74) is 1.89. The summed E-state index contributed by atoms with van der Waals surface area (Å²) in [6, 6.07) is 7.83. The zero-order valence-electron chi connectivity index (χ0n) is 14.8. The van der Waals surface area contributed by atoms with Crippen LogP contribution in [0, 0.1) is 12.8 Å². The Morgan fingerprint density at radius 1 is 1.04 bits per heavy atom. The fourth-order valence-electron chi connectivity index (χ4n) is 3.24. The second kappa shape index (κ2) is 6.78. The van der Waals surface area contributed by atoms with Gasteiger partial charge in [-0.3, -0.25) is 0 Å². The van der Waals surface area contributed by atoms with Crippen LogP contribution in [0.25, 0.3) is 0 Å². The monoisotopic (exact) mass is 340 g/mol. The summed E-state index contributed by atoms with van der Waals surface area (Å²) in [5.74, 6) is 3.96. The van der Waals surface area contributed by atoms with E-state index >= 15 is 0 Å². The van der Waals surface area contributed by atoms with Crippen LogP contribution in [0.5, 0.6) is 11.5 Å². The molecule has 3 heterocycles. The van der Waals surface area contributed by atoms with Crippen molar-refractivity contribution in [2.45, 2.75) is 26.7 Å². The number of anilines is 3. The van der Waals surface area contributed by atoms with Crippen LogP contribution < -0.4 is 19.7 Å². The quantitative estimate of drug-likeness (QED) is 0.922. The number of hydrogen-bond donors (Lipinski definition) is 1. The highest BCUT2D eigenvalue weighted by atomic mass is 16.6. The van der Waals surface area contributed by atoms with E-state index in [0.717, 1.165) is 53.7 Å². The van der Waals surface area contributed by atoms with E-state index in [2.05, 4.69) is 22.1 Å². The van der Waals surface area contributed by atoms with Crippen LogP contribution in [0.4, 0.5) is 17.5 Å². The summed E-state index contributed by atoms with van der Waals surface area (Å²) in [4.78, 5) is 11.6. The van der Waals surface area contributed by atoms with Gasteiger partial charge in [0.25, 0.3) is 0 Å². The zero-order chi connectivity index (χ0) is 17.2. The van der Waals surface area contributed by atoms with Crippen molar-refractivity contribution < 1.29 is 9.47 Å². The van der Waals surface area contributed by atoms with E-state index in [1.807, 2.05) is 31.2 Å². The zero-order valence-corrected chi connectivity index (χ0v) is 14.8. The smallest absolute Gasteiger partial charge is 0.227 e. The maximum atomic E-state index is 5.65. The SMILES string of the molecule is Cc1cc(Nc2ccc3c(c2)OCCO3)nc(N2CCC(C)CC2)n1. The summed E-state index contributed by atoms with van der Waals surface area (Å²) < 4.78 is 11.2. The lowest BCUT2D eigenvalue weighted by molar-refractivity contribution is 0.171. The molecule has 0 saturated carbocycles. The lowest BCUT2D eigenvalue weighted by atomic mass is 10.00. The van der Waals surface area contributed by atoms with E-state index in [4.69, 9.17) is 14.5 Å². The Bertz CT molecular complexity index is 757. The van der Waals surface area contributed by atoms with Crippen molar-refractivity contribution in [1.82, 2.24) is 9.97 Å². The van der Waals surface area contributed by atoms with Gasteiger partial charge in [-0.05, 0) is 37.8 Å². The summed E-state index contributed by atoms with van der Waals surface area (Å²) in [5, 5.41) is 3.37. The minimum atomic E-state index is 0.584. The number of aromatic nitrogens is 2. The number of ether oxygens (including phenoxy) is 2. The fraction of sp³-hybridized carbons (Fsp3) is 0.474. The van der Waals surface area contributed by atoms with Crippen molar-refractivity contribution in [1.29, 1.82) is 0 Å². The van der Waals surface area contributed by atoms with Gasteiger partial charge in [0.15, 0.2) is 11.5 Å². The molecule has 0 amide bonds. The van der Waals surface area contributed by atoms with Gasteiger partial charge < -0.3 is 19.7 Å². The first-order valence-corrected chi connectivity index (χ1v) is 8.95. The van der Waals surface area contributed by atoms with Crippen molar-refractivity contribution in [2.24, 2.45) is 5.92 Å². The molecule has 1 aromatic carbocycles. The maximum absolute atomic E-state index is 5.65. The summed E-state index contributed by atoms with van der Waals surface area (Å²) >= 11 is 0. The lowest BCUT2D eigenvalue weighted by Crippen LogP contribution is -2.34. The summed E-state index contributed by atoms with van der Waals surface area (Å²) in [6.45, 7) is 7.54. The van der Waals surface area contributed by atoms with Crippen molar-refractivity contribution in [3.8, 4) is 11.5 Å². The predicted molar refractivity (Wildman–Crippen MR) is 98.1 cm³/mol. The Kier molecular flexibility index (Phi) is 4.34. The van der Waals surface area contributed by atoms with Crippen LogP contribution in [-0.4, -0.2) is 36.3 Å². The molecule has 1 saturated heterocycles. The molecule has 132 valence electrons. The topological polar surface area (TPSA) is 59.5 Å². The number of hydrogen-bond acceptors (Lipinski definition) is 6. The number of benzene rings is 1. The molecular formula is C19H24N4O2. The molecule has 4 rings (SSSR count). The highest BCUT2D eigenvalue weighted by Gasteiger charge is 2.19. The predicted octanol–water partition coefficient (Wildman–Crippen LogP) is 3.54. The fourth-order valence-corrected chi connectivity index (χ4v) is 3.24. The minimum Gasteiger partial charge on any atom is -0.486 e. The van der Waals surface area contributed by atoms with E-state index in [9.17, 15) is 0 Å². The van der Waals surface area contributed by atoms with Crippen LogP contribution in [-0.2, 0) is 0 Å². The Balaban J connectivity index is 1.54. The van der Waals surface area contributed by atoms with Gasteiger partial charge in [0.2, 0.25) is 5.95 Å². The van der Waals surface area contributed by atoms with E-state index in [0.29, 0.717) is 13.2 Å². The number of piperidine rings is 1. The number of aryl methyl sites for hydroxylation is 1. The molecule has 2 aromatic rings. The van der Waals surface area contributed by atoms with Crippen LogP contribution in [0.15, 0.2) is 24.3 Å². The first-order valence-electron chi connectivity index (χ1n) is 8.95. The number of rotatable bonds is 3. The second-order valence-corrected chi connectivity index (χ2v) is 6.85. The summed E-state index contributed by atoms with van der Waals surface area (Å²) in [6.07, 6.45) is 2.39. The standard InChI is InChI=1S/C19H24N4O2/c1-13-5-7-23(8-6-13)19-20-14(2)11-18(22-19)21-15-3-4-16-17(12-15)25-10-9-24-16/h3-4,11-13H,5-10H2,1-2H3,(H,20,21,22). The van der Waals surface area contributed by atoms with E-state index in [1.165, 1.54) is 12.8 Å². The molecule has 0 radical (unpaired) electrons. The van der Waals surface area contributed by atoms with E-state index in [1.54, 1.807) is 0 Å². The molecule has 0 atom stereocenters. The Labute approximate surface area is 148 Å². The van der Waals surface area contributed by atoms with Crippen LogP contribution in [0.1, 0.15) is 25.5 Å². The van der Waals surface area contributed by atoms with Gasteiger partial charge in [0, 0.05) is 36.6 Å². The number of fused-ring (bicyclic) bond motifs is 1. The van der Waals surface area contributed by atoms with Crippen molar-refractivity contribution in [2.75, 3.05) is 36.5 Å². The van der Waals surface area contributed by atoms with Crippen LogP contribution in [0.2, 0.25) is 0 Å². The highest BCUT2D eigenvalue weighted by Crippen LogP contribution is 2.33. The average Bonchev–Trinajstić information content (AvgIpc) is 2.62. The second-order valence-electron chi connectivity index (χ2n) is 6.85. The molecule has 0 aliphatic carbocycles. The third kappa shape index (κ3) is 3.62. The molecule has 25 heavy (non-hydrogen) atoms. The van der Waals surface area contributed by atoms with Gasteiger partial charge >= 0.3 is 0 Å². The van der Waals surface area contributed by atoms with Crippen molar-refractivity contribution in [3.05, 3.63) is 30.0 Å². The number of nitrogens with zero attached hydrogens (tertiary/aromatic N) is 3. The Morgan fingerprint density at radius 3 is 2.60 bits per heavy atom. The molecule has 0 bridgehead atoms. The first-order chi connectivity index (χ1) is 12.2. The van der Waals surface area contributed by atoms with Crippen molar-refractivity contribution in [3.63, 3.8) is 0 Å². The maximum Gasteiger partial charge on any atom is 0.227 e. The largest absolute Gasteiger partial charge is 0.486 e. The molecule has 0 spiro atoms. The van der Waals surface area contributed by atoms with Gasteiger partial charge in [0.1, 0.15) is 19.0 Å². The van der Waals surface area contributed by atoms with Gasteiger partial charge in [-0.15, -0.1) is 0 Å². The first kappa shape index (κ1) is 16.0. The Morgan fingerprint density at radius 2 is 1.80 bits per heavy atom. The molecule has 0 unspecified atom stereocenters. The molecule has 6 heteroatoms. The number of nitrogens with one attached hydrogen (secondary N) is 1. The lowest BCUT2D eigenvalue weighted by Gasteiger charge is -2.30. The summed E-state index contributed by atoms with van der Waals surface area (Å²) in [7, 11) is 0. The molecule has 6 nitrogen and oxygen atoms in total. The highest BCUT2D eigenvalue weighted by molar-refractivity contribution is 5.62. The third-order valence-electron chi connectivity index (χ3n) is 4.72. The van der Waals surface area contributed by atoms with E-state index < -0.39 is 0 Å². The van der Waals surface area contributed by atoms with Gasteiger partial charge in [0.05, 0.1) is 0 Å². The minimum absolute atomic E-state index is 0.584. The van der Waals surface area contributed by atoms with Crippen LogP contribution >= 0.6 is 0 Å². The van der Waals surface area contributed by atoms with E-state index in [-0.39, 0.29) is 0 Å². The Hall–Kier alpha value is -2.50. The third-order valence-corrected chi connectivity index (χ3v) is 4.72. The van der Waals surface area contributed by atoms with Gasteiger partial charge in [-0.1, -0.05) is 6.92 Å². The molecule has 2 aliphatic heterocycles. The average molecular weight is 340 g/mol.